The normalized spacial score (nSPS) is 14.4. The summed E-state index contributed by atoms with van der Waals surface area (Å²) in [6.45, 7) is 0. The van der Waals surface area contributed by atoms with Crippen molar-refractivity contribution in [3.8, 4) is 0 Å². The molecule has 0 saturated heterocycles. The van der Waals surface area contributed by atoms with E-state index in [0.29, 0.717) is 12.8 Å². The van der Waals surface area contributed by atoms with Crippen LogP contribution in [0.2, 0.25) is 0 Å². The minimum atomic E-state index is 0.177. The number of hydrogen-bond acceptors (Lipinski definition) is 5. The Morgan fingerprint density at radius 2 is 1.71 bits per heavy atom. The maximum atomic E-state index is 11.5. The van der Waals surface area contributed by atoms with Crippen LogP contribution in [-0.2, 0) is 11.2 Å². The molecule has 0 bridgehead atoms. The molecule has 5 nitrogen and oxygen atoms in total. The number of nitroso groups, excluding NO2 is 2. The molecule has 1 fully saturated rings. The highest BCUT2D eigenvalue weighted by molar-refractivity contribution is 5.83. The minimum absolute atomic E-state index is 0.177. The Morgan fingerprint density at radius 3 is 2.18 bits per heavy atom. The number of ketones is 1. The van der Waals surface area contributed by atoms with Gasteiger partial charge in [-0.3, -0.25) is 4.79 Å². The molecule has 0 aliphatic heterocycles. The lowest BCUT2D eigenvalue weighted by atomic mass is 10.0. The highest BCUT2D eigenvalue weighted by atomic mass is 16.3. The van der Waals surface area contributed by atoms with E-state index in [9.17, 15) is 14.6 Å². The van der Waals surface area contributed by atoms with Gasteiger partial charge in [0.05, 0.1) is 0 Å². The summed E-state index contributed by atoms with van der Waals surface area (Å²) in [6, 6.07) is 4.50. The maximum absolute atomic E-state index is 11.5. The van der Waals surface area contributed by atoms with Crippen molar-refractivity contribution in [2.45, 2.75) is 25.7 Å². The van der Waals surface area contributed by atoms with Gasteiger partial charge in [-0.2, -0.15) is 0 Å². The van der Waals surface area contributed by atoms with Gasteiger partial charge in [0, 0.05) is 12.3 Å². The van der Waals surface area contributed by atoms with E-state index in [1.54, 1.807) is 12.1 Å². The van der Waals surface area contributed by atoms with Gasteiger partial charge in [0.1, 0.15) is 17.2 Å². The molecule has 17 heavy (non-hydrogen) atoms. The average molecular weight is 232 g/mol. The Bertz CT molecular complexity index is 441. The fourth-order valence-corrected chi connectivity index (χ4v) is 1.78. The van der Waals surface area contributed by atoms with E-state index in [1.165, 1.54) is 6.07 Å². The Hall–Kier alpha value is -1.91. The predicted molar refractivity (Wildman–Crippen MR) is 63.4 cm³/mol. The standard InChI is InChI=1S/C12H12N2O3/c15-12(9-2-3-9)4-1-8-5-10(13-16)7-11(6-8)14-17/h5-7,9H,1-4H2. The number of carbonyl (C=O) groups excluding carboxylic acids is 1. The van der Waals surface area contributed by atoms with Gasteiger partial charge < -0.3 is 0 Å². The SMILES string of the molecule is O=Nc1cc(CCC(=O)C2CC2)cc(N=O)c1. The lowest BCUT2D eigenvalue weighted by Gasteiger charge is -2.02. The van der Waals surface area contributed by atoms with Crippen LogP contribution in [0.1, 0.15) is 24.8 Å². The van der Waals surface area contributed by atoms with Gasteiger partial charge in [0.2, 0.25) is 0 Å². The third-order valence-corrected chi connectivity index (χ3v) is 2.87. The van der Waals surface area contributed by atoms with Crippen LogP contribution in [-0.4, -0.2) is 5.78 Å². The van der Waals surface area contributed by atoms with E-state index in [-0.39, 0.29) is 23.1 Å². The lowest BCUT2D eigenvalue weighted by Crippen LogP contribution is -2.01. The molecule has 1 aromatic carbocycles. The van der Waals surface area contributed by atoms with Crippen molar-refractivity contribution in [2.75, 3.05) is 0 Å². The van der Waals surface area contributed by atoms with E-state index in [4.69, 9.17) is 0 Å². The highest BCUT2D eigenvalue weighted by Gasteiger charge is 2.28. The minimum Gasteiger partial charge on any atom is -0.299 e. The van der Waals surface area contributed by atoms with Crippen molar-refractivity contribution >= 4 is 17.2 Å². The topological polar surface area (TPSA) is 75.9 Å². The van der Waals surface area contributed by atoms with E-state index >= 15 is 0 Å². The Morgan fingerprint density at radius 1 is 1.12 bits per heavy atom. The summed E-state index contributed by atoms with van der Waals surface area (Å²) in [5, 5.41) is 5.56. The van der Waals surface area contributed by atoms with Crippen LogP contribution in [0.5, 0.6) is 0 Å². The second-order valence-corrected chi connectivity index (χ2v) is 4.28. The maximum Gasteiger partial charge on any atom is 0.136 e. The van der Waals surface area contributed by atoms with Crippen LogP contribution in [0.4, 0.5) is 11.4 Å². The molecule has 0 heterocycles. The van der Waals surface area contributed by atoms with Gasteiger partial charge in [-0.05, 0) is 53.4 Å². The predicted octanol–water partition coefficient (Wildman–Crippen LogP) is 3.39. The Labute approximate surface area is 98.2 Å². The zero-order valence-corrected chi connectivity index (χ0v) is 9.26. The molecule has 1 aliphatic carbocycles. The van der Waals surface area contributed by atoms with Crippen LogP contribution >= 0.6 is 0 Å². The highest BCUT2D eigenvalue weighted by Crippen LogP contribution is 2.31. The summed E-state index contributed by atoms with van der Waals surface area (Å²) in [6.07, 6.45) is 2.97. The zero-order chi connectivity index (χ0) is 12.3. The number of Topliss-reactive ketones (excluding diaryl/α,β-unsaturated/α-hetero) is 1. The fraction of sp³-hybridized carbons (Fsp3) is 0.417. The summed E-state index contributed by atoms with van der Waals surface area (Å²) in [5.74, 6) is 0.501. The zero-order valence-electron chi connectivity index (χ0n) is 9.26. The molecule has 88 valence electrons. The number of carbonyl (C=O) groups is 1. The molecule has 0 N–H and O–H groups in total. The Kier molecular flexibility index (Phi) is 3.37. The molecule has 0 amide bonds. The molecular formula is C12H12N2O3. The fourth-order valence-electron chi connectivity index (χ4n) is 1.78. The quantitative estimate of drug-likeness (QED) is 0.705. The molecule has 1 aromatic rings. The van der Waals surface area contributed by atoms with Gasteiger partial charge >= 0.3 is 0 Å². The van der Waals surface area contributed by atoms with Crippen LogP contribution in [0.25, 0.3) is 0 Å². The first-order chi connectivity index (χ1) is 8.22. The number of hydrogen-bond donors (Lipinski definition) is 0. The van der Waals surface area contributed by atoms with Gasteiger partial charge in [-0.15, -0.1) is 9.81 Å². The Balaban J connectivity index is 2.05. The summed E-state index contributed by atoms with van der Waals surface area (Å²) in [7, 11) is 0. The molecule has 1 aliphatic rings. The van der Waals surface area contributed by atoms with Crippen molar-refractivity contribution in [3.05, 3.63) is 33.6 Å². The second kappa shape index (κ2) is 4.95. The van der Waals surface area contributed by atoms with Gasteiger partial charge in [0.25, 0.3) is 0 Å². The van der Waals surface area contributed by atoms with Crippen molar-refractivity contribution in [2.24, 2.45) is 16.3 Å². The number of nitrogens with zero attached hydrogens (tertiary/aromatic N) is 2. The van der Waals surface area contributed by atoms with Crippen LogP contribution in [0.3, 0.4) is 0 Å². The molecule has 2 rings (SSSR count). The molecule has 0 aromatic heterocycles. The molecular weight excluding hydrogens is 220 g/mol. The summed E-state index contributed by atoms with van der Waals surface area (Å²) in [4.78, 5) is 32.4. The van der Waals surface area contributed by atoms with Crippen molar-refractivity contribution in [1.29, 1.82) is 0 Å². The monoisotopic (exact) mass is 232 g/mol. The number of benzene rings is 1. The van der Waals surface area contributed by atoms with Gasteiger partial charge in [-0.1, -0.05) is 0 Å². The third kappa shape index (κ3) is 3.03. The van der Waals surface area contributed by atoms with E-state index in [0.717, 1.165) is 18.4 Å². The van der Waals surface area contributed by atoms with Crippen molar-refractivity contribution < 1.29 is 4.79 Å². The first-order valence-corrected chi connectivity index (χ1v) is 5.56. The van der Waals surface area contributed by atoms with E-state index in [2.05, 4.69) is 10.4 Å². The number of aryl methyl sites for hydroxylation is 1. The van der Waals surface area contributed by atoms with Gasteiger partial charge in [0.15, 0.2) is 0 Å². The second-order valence-electron chi connectivity index (χ2n) is 4.28. The largest absolute Gasteiger partial charge is 0.299 e. The van der Waals surface area contributed by atoms with Crippen molar-refractivity contribution in [1.82, 2.24) is 0 Å². The first-order valence-electron chi connectivity index (χ1n) is 5.56. The summed E-state index contributed by atoms with van der Waals surface area (Å²) >= 11 is 0. The molecule has 0 unspecified atom stereocenters. The molecule has 1 saturated carbocycles. The summed E-state index contributed by atoms with van der Waals surface area (Å²) in [5.41, 5.74) is 1.11. The molecule has 0 spiro atoms. The first kappa shape index (κ1) is 11.6. The van der Waals surface area contributed by atoms with Crippen LogP contribution < -0.4 is 0 Å². The van der Waals surface area contributed by atoms with Gasteiger partial charge in [-0.25, -0.2) is 0 Å². The smallest absolute Gasteiger partial charge is 0.136 e. The lowest BCUT2D eigenvalue weighted by molar-refractivity contribution is -0.120. The molecule has 0 radical (unpaired) electrons. The third-order valence-electron chi connectivity index (χ3n) is 2.87. The number of rotatable bonds is 6. The average Bonchev–Trinajstić information content (AvgIpc) is 3.19. The van der Waals surface area contributed by atoms with E-state index < -0.39 is 0 Å². The van der Waals surface area contributed by atoms with Crippen LogP contribution in [0.15, 0.2) is 28.6 Å². The van der Waals surface area contributed by atoms with Crippen molar-refractivity contribution in [3.63, 3.8) is 0 Å². The van der Waals surface area contributed by atoms with E-state index in [1.807, 2.05) is 0 Å². The summed E-state index contributed by atoms with van der Waals surface area (Å²) < 4.78 is 0. The molecule has 0 atom stereocenters. The van der Waals surface area contributed by atoms with Crippen LogP contribution in [0, 0.1) is 15.7 Å². The molecule has 5 heteroatoms.